The molecule has 0 saturated heterocycles. The lowest BCUT2D eigenvalue weighted by Gasteiger charge is -2.24. The van der Waals surface area contributed by atoms with Crippen LogP contribution in [-0.4, -0.2) is 4.98 Å². The van der Waals surface area contributed by atoms with Crippen LogP contribution in [0.4, 0.5) is 8.78 Å². The molecule has 1 unspecified atom stereocenters. The highest BCUT2D eigenvalue weighted by molar-refractivity contribution is 9.10. The second kappa shape index (κ2) is 5.35. The van der Waals surface area contributed by atoms with Crippen LogP contribution in [0.1, 0.15) is 18.2 Å². The Morgan fingerprint density at radius 1 is 1.21 bits per heavy atom. The third-order valence-electron chi connectivity index (χ3n) is 2.88. The molecule has 0 bridgehead atoms. The van der Waals surface area contributed by atoms with Gasteiger partial charge in [0.1, 0.15) is 11.6 Å². The number of benzene rings is 1. The van der Waals surface area contributed by atoms with Crippen LogP contribution in [0.25, 0.3) is 0 Å². The van der Waals surface area contributed by atoms with Gasteiger partial charge in [-0.25, -0.2) is 8.78 Å². The highest BCUT2D eigenvalue weighted by Crippen LogP contribution is 2.26. The van der Waals surface area contributed by atoms with Crippen molar-refractivity contribution in [2.45, 2.75) is 18.9 Å². The topological polar surface area (TPSA) is 38.9 Å². The fraction of sp³-hybridized carbons (Fsp3) is 0.214. The SMILES string of the molecule is CC(N)(Cc1cc(F)ccc1Br)c1ccc(F)cn1. The molecule has 0 aliphatic carbocycles. The van der Waals surface area contributed by atoms with E-state index in [9.17, 15) is 8.78 Å². The summed E-state index contributed by atoms with van der Waals surface area (Å²) < 4.78 is 26.9. The Balaban J connectivity index is 2.30. The number of halogens is 3. The Morgan fingerprint density at radius 2 is 1.89 bits per heavy atom. The second-order valence-electron chi connectivity index (χ2n) is 4.69. The molecule has 2 aromatic rings. The Morgan fingerprint density at radius 3 is 2.53 bits per heavy atom. The normalized spacial score (nSPS) is 14.2. The molecule has 0 fully saturated rings. The van der Waals surface area contributed by atoms with Crippen LogP contribution in [0.5, 0.6) is 0 Å². The molecule has 5 heteroatoms. The molecule has 1 heterocycles. The number of hydrogen-bond donors (Lipinski definition) is 1. The van der Waals surface area contributed by atoms with Crippen LogP contribution < -0.4 is 5.73 Å². The predicted octanol–water partition coefficient (Wildman–Crippen LogP) is 3.54. The first-order chi connectivity index (χ1) is 8.88. The number of aromatic nitrogens is 1. The van der Waals surface area contributed by atoms with E-state index in [0.717, 1.165) is 16.2 Å². The van der Waals surface area contributed by atoms with Gasteiger partial charge in [0.05, 0.1) is 17.4 Å². The molecule has 1 aromatic heterocycles. The maximum absolute atomic E-state index is 13.3. The van der Waals surface area contributed by atoms with Gasteiger partial charge in [-0.3, -0.25) is 4.98 Å². The third-order valence-corrected chi connectivity index (χ3v) is 3.65. The van der Waals surface area contributed by atoms with Crippen molar-refractivity contribution in [3.63, 3.8) is 0 Å². The van der Waals surface area contributed by atoms with Gasteiger partial charge in [0.2, 0.25) is 0 Å². The molecular weight excluding hydrogens is 314 g/mol. The summed E-state index contributed by atoms with van der Waals surface area (Å²) in [5, 5.41) is 0. The fourth-order valence-electron chi connectivity index (χ4n) is 1.88. The predicted molar refractivity (Wildman–Crippen MR) is 73.5 cm³/mol. The molecule has 1 atom stereocenters. The van der Waals surface area contributed by atoms with Gasteiger partial charge in [0.25, 0.3) is 0 Å². The summed E-state index contributed by atoms with van der Waals surface area (Å²) in [5.41, 5.74) is 6.72. The minimum absolute atomic E-state index is 0.318. The van der Waals surface area contributed by atoms with E-state index in [1.807, 2.05) is 0 Å². The average molecular weight is 327 g/mol. The lowest BCUT2D eigenvalue weighted by Crippen LogP contribution is -2.36. The molecule has 0 aliphatic rings. The lowest BCUT2D eigenvalue weighted by atomic mass is 9.90. The summed E-state index contributed by atoms with van der Waals surface area (Å²) in [5.74, 6) is -0.729. The van der Waals surface area contributed by atoms with Gasteiger partial charge in [-0.2, -0.15) is 0 Å². The first-order valence-electron chi connectivity index (χ1n) is 5.73. The van der Waals surface area contributed by atoms with Gasteiger partial charge in [-0.05, 0) is 49.2 Å². The van der Waals surface area contributed by atoms with Crippen molar-refractivity contribution in [1.82, 2.24) is 4.98 Å². The first kappa shape index (κ1) is 14.1. The molecule has 2 rings (SSSR count). The van der Waals surface area contributed by atoms with E-state index in [2.05, 4.69) is 20.9 Å². The van der Waals surface area contributed by atoms with Crippen LogP contribution in [-0.2, 0) is 12.0 Å². The van der Waals surface area contributed by atoms with Crippen LogP contribution in [0.3, 0.4) is 0 Å². The van der Waals surface area contributed by atoms with Gasteiger partial charge >= 0.3 is 0 Å². The lowest BCUT2D eigenvalue weighted by molar-refractivity contribution is 0.470. The van der Waals surface area contributed by atoms with Crippen molar-refractivity contribution < 1.29 is 8.78 Å². The Labute approximate surface area is 118 Å². The van der Waals surface area contributed by atoms with Gasteiger partial charge < -0.3 is 5.73 Å². The highest BCUT2D eigenvalue weighted by atomic mass is 79.9. The van der Waals surface area contributed by atoms with Crippen LogP contribution in [0.15, 0.2) is 41.0 Å². The highest BCUT2D eigenvalue weighted by Gasteiger charge is 2.24. The Kier molecular flexibility index (Phi) is 3.96. The summed E-state index contributed by atoms with van der Waals surface area (Å²) >= 11 is 3.36. The number of nitrogens with zero attached hydrogens (tertiary/aromatic N) is 1. The van der Waals surface area contributed by atoms with Crippen molar-refractivity contribution in [1.29, 1.82) is 0 Å². The zero-order valence-corrected chi connectivity index (χ0v) is 11.9. The largest absolute Gasteiger partial charge is 0.320 e. The smallest absolute Gasteiger partial charge is 0.141 e. The molecule has 0 spiro atoms. The number of rotatable bonds is 3. The molecule has 0 radical (unpaired) electrons. The van der Waals surface area contributed by atoms with Crippen molar-refractivity contribution in [2.24, 2.45) is 5.73 Å². The average Bonchev–Trinajstić information content (AvgIpc) is 2.34. The van der Waals surface area contributed by atoms with E-state index in [1.54, 1.807) is 19.1 Å². The number of nitrogens with two attached hydrogens (primary N) is 1. The summed E-state index contributed by atoms with van der Waals surface area (Å²) in [7, 11) is 0. The minimum Gasteiger partial charge on any atom is -0.320 e. The summed E-state index contributed by atoms with van der Waals surface area (Å²) in [6.45, 7) is 1.78. The van der Waals surface area contributed by atoms with Crippen LogP contribution in [0.2, 0.25) is 0 Å². The van der Waals surface area contributed by atoms with Crippen molar-refractivity contribution in [3.05, 3.63) is 63.9 Å². The van der Waals surface area contributed by atoms with E-state index in [4.69, 9.17) is 5.73 Å². The Bertz CT molecular complexity index is 582. The summed E-state index contributed by atoms with van der Waals surface area (Å²) in [6, 6.07) is 7.30. The zero-order chi connectivity index (χ0) is 14.0. The summed E-state index contributed by atoms with van der Waals surface area (Å²) in [4.78, 5) is 3.99. The number of hydrogen-bond acceptors (Lipinski definition) is 2. The van der Waals surface area contributed by atoms with E-state index >= 15 is 0 Å². The Hall–Kier alpha value is -1.33. The molecule has 2 nitrogen and oxygen atoms in total. The second-order valence-corrected chi connectivity index (χ2v) is 5.55. The van der Waals surface area contributed by atoms with E-state index in [1.165, 1.54) is 18.2 Å². The zero-order valence-electron chi connectivity index (χ0n) is 10.3. The molecule has 100 valence electrons. The fourth-order valence-corrected chi connectivity index (χ4v) is 2.27. The molecule has 1 aromatic carbocycles. The quantitative estimate of drug-likeness (QED) is 0.936. The van der Waals surface area contributed by atoms with E-state index < -0.39 is 11.4 Å². The van der Waals surface area contributed by atoms with Crippen LogP contribution >= 0.6 is 15.9 Å². The van der Waals surface area contributed by atoms with Crippen LogP contribution in [0, 0.1) is 11.6 Å². The molecule has 0 saturated carbocycles. The number of pyridine rings is 1. The minimum atomic E-state index is -0.802. The maximum atomic E-state index is 13.3. The first-order valence-corrected chi connectivity index (χ1v) is 6.52. The molecule has 0 amide bonds. The van der Waals surface area contributed by atoms with Crippen molar-refractivity contribution in [2.75, 3.05) is 0 Å². The van der Waals surface area contributed by atoms with Gasteiger partial charge in [-0.1, -0.05) is 15.9 Å². The van der Waals surface area contributed by atoms with Crippen molar-refractivity contribution in [3.8, 4) is 0 Å². The third kappa shape index (κ3) is 3.36. The van der Waals surface area contributed by atoms with Gasteiger partial charge in [0, 0.05) is 4.47 Å². The molecule has 19 heavy (non-hydrogen) atoms. The monoisotopic (exact) mass is 326 g/mol. The van der Waals surface area contributed by atoms with E-state index in [0.29, 0.717) is 12.1 Å². The molecule has 0 aliphatic heterocycles. The van der Waals surface area contributed by atoms with Gasteiger partial charge in [0.15, 0.2) is 0 Å². The van der Waals surface area contributed by atoms with E-state index in [-0.39, 0.29) is 5.82 Å². The maximum Gasteiger partial charge on any atom is 0.141 e. The van der Waals surface area contributed by atoms with Crippen molar-refractivity contribution >= 4 is 15.9 Å². The standard InChI is InChI=1S/C14H13BrF2N2/c1-14(18,13-5-3-11(17)8-19-13)7-9-6-10(16)2-4-12(9)15/h2-6,8H,7,18H2,1H3. The summed E-state index contributed by atoms with van der Waals surface area (Å²) in [6.07, 6.45) is 1.52. The molecule has 2 N–H and O–H groups in total. The van der Waals surface area contributed by atoms with Gasteiger partial charge in [-0.15, -0.1) is 0 Å². The molecular formula is C14H13BrF2N2.